The molecule has 0 radical (unpaired) electrons. The smallest absolute Gasteiger partial charge is 0.271 e. The third-order valence-corrected chi connectivity index (χ3v) is 4.38. The molecule has 0 saturated heterocycles. The molecule has 0 aliphatic rings. The number of benzene rings is 2. The van der Waals surface area contributed by atoms with Crippen LogP contribution in [-0.4, -0.2) is 0 Å². The van der Waals surface area contributed by atoms with Crippen molar-refractivity contribution in [2.45, 2.75) is 12.2 Å². The van der Waals surface area contributed by atoms with Gasteiger partial charge in [-0.2, -0.15) is 13.2 Å². The van der Waals surface area contributed by atoms with E-state index >= 15 is 0 Å². The number of nitrogens with one attached hydrogen (secondary N) is 1. The van der Waals surface area contributed by atoms with E-state index in [1.807, 2.05) is 18.2 Å². The second kappa shape index (κ2) is 6.64. The average Bonchev–Trinajstić information content (AvgIpc) is 2.43. The third kappa shape index (κ3) is 3.97. The lowest BCUT2D eigenvalue weighted by Crippen LogP contribution is -2.29. The summed E-state index contributed by atoms with van der Waals surface area (Å²) in [5.74, 6) is 5.56. The zero-order valence-electron chi connectivity index (χ0n) is 10.6. The molecule has 0 amide bonds. The average molecular weight is 471 g/mol. The van der Waals surface area contributed by atoms with Crippen molar-refractivity contribution >= 4 is 38.5 Å². The molecule has 1 unspecified atom stereocenters. The van der Waals surface area contributed by atoms with Crippen molar-refractivity contribution in [2.75, 3.05) is 0 Å². The standard InChI is InChI=1S/C14H11BrF3IN2/c15-12-5-4-10(19)7-11(12)13(21-20)8-2-1-3-9(6-8)14(16,17)18/h1-7,13,21H,20H2. The van der Waals surface area contributed by atoms with Gasteiger partial charge in [-0.25, -0.2) is 5.43 Å². The minimum Gasteiger partial charge on any atom is -0.271 e. The van der Waals surface area contributed by atoms with Gasteiger partial charge in [-0.15, -0.1) is 0 Å². The first-order valence-corrected chi connectivity index (χ1v) is 7.78. The minimum absolute atomic E-state index is 0.454. The topological polar surface area (TPSA) is 38.0 Å². The van der Waals surface area contributed by atoms with Crippen molar-refractivity contribution in [2.24, 2.45) is 5.84 Å². The van der Waals surface area contributed by atoms with Gasteiger partial charge in [0.1, 0.15) is 0 Å². The van der Waals surface area contributed by atoms with Crippen LogP contribution in [0.3, 0.4) is 0 Å². The van der Waals surface area contributed by atoms with E-state index in [1.165, 1.54) is 6.07 Å². The number of rotatable bonds is 3. The van der Waals surface area contributed by atoms with E-state index < -0.39 is 17.8 Å². The summed E-state index contributed by atoms with van der Waals surface area (Å²) in [4.78, 5) is 0. The number of nitrogens with two attached hydrogens (primary N) is 1. The van der Waals surface area contributed by atoms with Gasteiger partial charge in [0.15, 0.2) is 0 Å². The van der Waals surface area contributed by atoms with E-state index in [0.717, 1.165) is 25.7 Å². The third-order valence-electron chi connectivity index (χ3n) is 2.98. The van der Waals surface area contributed by atoms with E-state index in [2.05, 4.69) is 43.9 Å². The minimum atomic E-state index is -4.38. The van der Waals surface area contributed by atoms with Gasteiger partial charge in [0, 0.05) is 8.04 Å². The first kappa shape index (κ1) is 16.7. The lowest BCUT2D eigenvalue weighted by atomic mass is 9.97. The van der Waals surface area contributed by atoms with Gasteiger partial charge in [0.2, 0.25) is 0 Å². The Morgan fingerprint density at radius 2 is 1.86 bits per heavy atom. The Hall–Kier alpha value is -0.640. The van der Waals surface area contributed by atoms with Gasteiger partial charge in [0.25, 0.3) is 0 Å². The highest BCUT2D eigenvalue weighted by Gasteiger charge is 2.31. The van der Waals surface area contributed by atoms with Crippen molar-refractivity contribution in [3.8, 4) is 0 Å². The molecule has 0 fully saturated rings. The molecule has 0 spiro atoms. The van der Waals surface area contributed by atoms with Crippen LogP contribution in [0.25, 0.3) is 0 Å². The normalized spacial score (nSPS) is 13.2. The molecule has 0 aromatic heterocycles. The van der Waals surface area contributed by atoms with Crippen molar-refractivity contribution in [3.05, 3.63) is 67.2 Å². The molecular weight excluding hydrogens is 460 g/mol. The quantitative estimate of drug-likeness (QED) is 0.390. The van der Waals surface area contributed by atoms with E-state index in [4.69, 9.17) is 5.84 Å². The fourth-order valence-corrected chi connectivity index (χ4v) is 2.99. The van der Waals surface area contributed by atoms with Crippen LogP contribution in [0.4, 0.5) is 13.2 Å². The van der Waals surface area contributed by atoms with Crippen LogP contribution in [0, 0.1) is 3.57 Å². The van der Waals surface area contributed by atoms with Crippen LogP contribution in [0.2, 0.25) is 0 Å². The molecule has 2 aromatic carbocycles. The summed E-state index contributed by atoms with van der Waals surface area (Å²) < 4.78 is 40.2. The maximum atomic E-state index is 12.8. The molecule has 0 aliphatic heterocycles. The van der Waals surface area contributed by atoms with Gasteiger partial charge in [-0.1, -0.05) is 28.1 Å². The summed E-state index contributed by atoms with van der Waals surface area (Å²) in [5.41, 5.74) is 3.12. The van der Waals surface area contributed by atoms with Crippen LogP contribution in [-0.2, 0) is 6.18 Å². The maximum absolute atomic E-state index is 12.8. The number of halogens is 5. The monoisotopic (exact) mass is 470 g/mol. The Labute approximate surface area is 142 Å². The Bertz CT molecular complexity index is 646. The zero-order valence-corrected chi connectivity index (χ0v) is 14.3. The van der Waals surface area contributed by atoms with E-state index in [1.54, 1.807) is 6.07 Å². The predicted molar refractivity (Wildman–Crippen MR) is 87.5 cm³/mol. The fourth-order valence-electron chi connectivity index (χ4n) is 2.00. The lowest BCUT2D eigenvalue weighted by molar-refractivity contribution is -0.137. The van der Waals surface area contributed by atoms with Crippen molar-refractivity contribution in [1.29, 1.82) is 0 Å². The van der Waals surface area contributed by atoms with Crippen molar-refractivity contribution < 1.29 is 13.2 Å². The highest BCUT2D eigenvalue weighted by molar-refractivity contribution is 14.1. The molecule has 21 heavy (non-hydrogen) atoms. The molecular formula is C14H11BrF3IN2. The van der Waals surface area contributed by atoms with Crippen LogP contribution in [0.1, 0.15) is 22.7 Å². The largest absolute Gasteiger partial charge is 0.416 e. The van der Waals surface area contributed by atoms with Gasteiger partial charge in [-0.3, -0.25) is 5.84 Å². The summed E-state index contributed by atoms with van der Waals surface area (Å²) >= 11 is 5.55. The fraction of sp³-hybridized carbons (Fsp3) is 0.143. The second-order valence-electron chi connectivity index (χ2n) is 4.39. The van der Waals surface area contributed by atoms with Crippen LogP contribution < -0.4 is 11.3 Å². The SMILES string of the molecule is NNC(c1cccc(C(F)(F)F)c1)c1cc(I)ccc1Br. The molecule has 0 aliphatic carbocycles. The molecule has 7 heteroatoms. The highest BCUT2D eigenvalue weighted by atomic mass is 127. The maximum Gasteiger partial charge on any atom is 0.416 e. The number of hydrazine groups is 1. The summed E-state index contributed by atoms with van der Waals surface area (Å²) in [6, 6.07) is 10.2. The van der Waals surface area contributed by atoms with Crippen LogP contribution >= 0.6 is 38.5 Å². The Kier molecular flexibility index (Phi) is 5.29. The Morgan fingerprint density at radius 1 is 1.14 bits per heavy atom. The summed E-state index contributed by atoms with van der Waals surface area (Å²) in [5, 5.41) is 0. The number of hydrogen-bond donors (Lipinski definition) is 2. The predicted octanol–water partition coefficient (Wildman–Crippen LogP) is 4.63. The van der Waals surface area contributed by atoms with Gasteiger partial charge in [0.05, 0.1) is 11.6 Å². The molecule has 0 saturated carbocycles. The van der Waals surface area contributed by atoms with E-state index in [-0.39, 0.29) is 0 Å². The van der Waals surface area contributed by atoms with Crippen LogP contribution in [0.15, 0.2) is 46.9 Å². The van der Waals surface area contributed by atoms with Gasteiger partial charge < -0.3 is 0 Å². The van der Waals surface area contributed by atoms with Gasteiger partial charge >= 0.3 is 6.18 Å². The first-order chi connectivity index (χ1) is 9.82. The summed E-state index contributed by atoms with van der Waals surface area (Å²) in [6.07, 6.45) is -4.38. The van der Waals surface area contributed by atoms with Crippen molar-refractivity contribution in [1.82, 2.24) is 5.43 Å². The molecule has 0 bridgehead atoms. The number of alkyl halides is 3. The Balaban J connectivity index is 2.49. The molecule has 2 aromatic rings. The lowest BCUT2D eigenvalue weighted by Gasteiger charge is -2.20. The summed E-state index contributed by atoms with van der Waals surface area (Å²) in [7, 11) is 0. The van der Waals surface area contributed by atoms with Crippen molar-refractivity contribution in [3.63, 3.8) is 0 Å². The van der Waals surface area contributed by atoms with Crippen LogP contribution in [0.5, 0.6) is 0 Å². The molecule has 3 N–H and O–H groups in total. The molecule has 2 nitrogen and oxygen atoms in total. The first-order valence-electron chi connectivity index (χ1n) is 5.91. The Morgan fingerprint density at radius 3 is 2.48 bits per heavy atom. The molecule has 2 rings (SSSR count). The summed E-state index contributed by atoms with van der Waals surface area (Å²) in [6.45, 7) is 0. The molecule has 1 atom stereocenters. The second-order valence-corrected chi connectivity index (χ2v) is 6.49. The molecule has 112 valence electrons. The highest BCUT2D eigenvalue weighted by Crippen LogP contribution is 2.34. The van der Waals surface area contributed by atoms with Gasteiger partial charge in [-0.05, 0) is 64.0 Å². The zero-order chi connectivity index (χ0) is 15.6. The number of hydrogen-bond acceptors (Lipinski definition) is 2. The van der Waals surface area contributed by atoms with E-state index in [9.17, 15) is 13.2 Å². The van der Waals surface area contributed by atoms with E-state index in [0.29, 0.717) is 5.56 Å². The molecule has 0 heterocycles.